The van der Waals surface area contributed by atoms with Gasteiger partial charge >= 0.3 is 0 Å². The van der Waals surface area contributed by atoms with E-state index < -0.39 is 0 Å². The molecule has 5 heteroatoms. The van der Waals surface area contributed by atoms with E-state index in [4.69, 9.17) is 10.5 Å². The van der Waals surface area contributed by atoms with Crippen molar-refractivity contribution in [3.8, 4) is 5.75 Å². The minimum Gasteiger partial charge on any atom is -0.494 e. The molecule has 0 aliphatic carbocycles. The molecule has 1 aromatic rings. The number of hydrogen-bond donors (Lipinski definition) is 1. The molecule has 1 aromatic carbocycles. The highest BCUT2D eigenvalue weighted by atomic mass is 127. The van der Waals surface area contributed by atoms with Crippen molar-refractivity contribution >= 4 is 29.9 Å². The normalized spacial score (nSPS) is 16.5. The van der Waals surface area contributed by atoms with Gasteiger partial charge in [-0.2, -0.15) is 0 Å². The Labute approximate surface area is 144 Å². The first-order chi connectivity index (χ1) is 9.69. The Bertz CT molecular complexity index is 457. The van der Waals surface area contributed by atoms with Gasteiger partial charge in [0, 0.05) is 13.1 Å². The maximum atomic E-state index is 6.08. The predicted molar refractivity (Wildman–Crippen MR) is 98.3 cm³/mol. The molecule has 0 bridgehead atoms. The van der Waals surface area contributed by atoms with Crippen LogP contribution in [0.15, 0.2) is 29.3 Å². The number of nitrogens with zero attached hydrogens (tertiary/aromatic N) is 2. The van der Waals surface area contributed by atoms with Gasteiger partial charge in [-0.05, 0) is 43.4 Å². The van der Waals surface area contributed by atoms with Crippen LogP contribution in [0.4, 0.5) is 0 Å². The van der Waals surface area contributed by atoms with E-state index in [2.05, 4.69) is 22.9 Å². The zero-order valence-electron chi connectivity index (χ0n) is 12.9. The second-order valence-electron chi connectivity index (χ2n) is 5.42. The summed E-state index contributed by atoms with van der Waals surface area (Å²) in [6.45, 7) is 7.62. The van der Waals surface area contributed by atoms with Gasteiger partial charge in [-0.15, -0.1) is 24.0 Å². The summed E-state index contributed by atoms with van der Waals surface area (Å²) in [6, 6.07) is 8.04. The molecule has 118 valence electrons. The van der Waals surface area contributed by atoms with Gasteiger partial charge in [0.05, 0.1) is 13.2 Å². The van der Waals surface area contributed by atoms with Crippen molar-refractivity contribution in [3.05, 3.63) is 29.8 Å². The lowest BCUT2D eigenvalue weighted by molar-refractivity contribution is 0.277. The molecule has 2 rings (SSSR count). The van der Waals surface area contributed by atoms with Crippen LogP contribution >= 0.6 is 24.0 Å². The average molecular weight is 403 g/mol. The van der Waals surface area contributed by atoms with Gasteiger partial charge in [0.15, 0.2) is 5.96 Å². The third-order valence-electron chi connectivity index (χ3n) is 3.74. The molecule has 0 saturated carbocycles. The maximum absolute atomic E-state index is 6.08. The zero-order chi connectivity index (χ0) is 14.4. The van der Waals surface area contributed by atoms with Crippen LogP contribution in [0.1, 0.15) is 32.3 Å². The number of aliphatic imine (C=N–C) groups is 1. The third kappa shape index (κ3) is 5.73. The smallest absolute Gasteiger partial charge is 0.191 e. The molecule has 0 spiro atoms. The second-order valence-corrected chi connectivity index (χ2v) is 5.42. The summed E-state index contributed by atoms with van der Waals surface area (Å²) in [4.78, 5) is 6.70. The minimum atomic E-state index is 0. The van der Waals surface area contributed by atoms with Crippen molar-refractivity contribution in [2.24, 2.45) is 16.6 Å². The van der Waals surface area contributed by atoms with Crippen molar-refractivity contribution in [3.63, 3.8) is 0 Å². The van der Waals surface area contributed by atoms with E-state index in [1.807, 2.05) is 25.1 Å². The van der Waals surface area contributed by atoms with Gasteiger partial charge in [0.1, 0.15) is 5.75 Å². The summed E-state index contributed by atoms with van der Waals surface area (Å²) in [5.74, 6) is 2.37. The van der Waals surface area contributed by atoms with Crippen molar-refractivity contribution in [2.45, 2.75) is 33.2 Å². The van der Waals surface area contributed by atoms with Crippen LogP contribution in [0.5, 0.6) is 5.75 Å². The van der Waals surface area contributed by atoms with E-state index in [0.29, 0.717) is 19.1 Å². The van der Waals surface area contributed by atoms with Crippen LogP contribution in [0.25, 0.3) is 0 Å². The van der Waals surface area contributed by atoms with Gasteiger partial charge in [-0.1, -0.05) is 19.1 Å². The molecule has 0 atom stereocenters. The highest BCUT2D eigenvalue weighted by molar-refractivity contribution is 14.0. The molecule has 1 heterocycles. The maximum Gasteiger partial charge on any atom is 0.191 e. The third-order valence-corrected chi connectivity index (χ3v) is 3.74. The van der Waals surface area contributed by atoms with E-state index in [9.17, 15) is 0 Å². The Morgan fingerprint density at radius 3 is 2.76 bits per heavy atom. The van der Waals surface area contributed by atoms with Crippen LogP contribution in [-0.2, 0) is 6.54 Å². The lowest BCUT2D eigenvalue weighted by Crippen LogP contribution is -2.42. The van der Waals surface area contributed by atoms with Crippen LogP contribution in [0.2, 0.25) is 0 Å². The number of guanidine groups is 1. The van der Waals surface area contributed by atoms with Gasteiger partial charge < -0.3 is 15.4 Å². The topological polar surface area (TPSA) is 50.9 Å². The van der Waals surface area contributed by atoms with E-state index in [-0.39, 0.29) is 24.0 Å². The number of ether oxygens (including phenoxy) is 1. The van der Waals surface area contributed by atoms with E-state index >= 15 is 0 Å². The van der Waals surface area contributed by atoms with Crippen molar-refractivity contribution < 1.29 is 4.74 Å². The number of halogens is 1. The number of benzene rings is 1. The van der Waals surface area contributed by atoms with Crippen molar-refractivity contribution in [1.29, 1.82) is 0 Å². The molecule has 0 unspecified atom stereocenters. The molecule has 2 N–H and O–H groups in total. The second kappa shape index (κ2) is 9.12. The number of likely N-dealkylation sites (tertiary alicyclic amines) is 1. The number of piperidine rings is 1. The summed E-state index contributed by atoms with van der Waals surface area (Å²) in [5.41, 5.74) is 7.21. The molecule has 0 radical (unpaired) electrons. The molecule has 0 aromatic heterocycles. The largest absolute Gasteiger partial charge is 0.494 e. The number of rotatable bonds is 4. The summed E-state index contributed by atoms with van der Waals surface area (Å²) in [5, 5.41) is 0. The highest BCUT2D eigenvalue weighted by Gasteiger charge is 2.16. The Morgan fingerprint density at radius 1 is 1.38 bits per heavy atom. The summed E-state index contributed by atoms with van der Waals surface area (Å²) >= 11 is 0. The predicted octanol–water partition coefficient (Wildman–Crippen LogP) is 3.25. The Balaban J connectivity index is 0.00000220. The first kappa shape index (κ1) is 18.1. The summed E-state index contributed by atoms with van der Waals surface area (Å²) in [6.07, 6.45) is 2.41. The fourth-order valence-electron chi connectivity index (χ4n) is 2.41. The molecule has 1 aliphatic rings. The van der Waals surface area contributed by atoms with Crippen molar-refractivity contribution in [2.75, 3.05) is 19.7 Å². The van der Waals surface area contributed by atoms with E-state index in [1.165, 1.54) is 12.8 Å². The van der Waals surface area contributed by atoms with E-state index in [0.717, 1.165) is 30.3 Å². The molecule has 0 amide bonds. The molecular weight excluding hydrogens is 377 g/mol. The lowest BCUT2D eigenvalue weighted by Gasteiger charge is -2.31. The van der Waals surface area contributed by atoms with Crippen molar-refractivity contribution in [1.82, 2.24) is 4.90 Å². The highest BCUT2D eigenvalue weighted by Crippen LogP contribution is 2.16. The van der Waals surface area contributed by atoms with E-state index in [1.54, 1.807) is 0 Å². The first-order valence-electron chi connectivity index (χ1n) is 7.45. The monoisotopic (exact) mass is 403 g/mol. The molecule has 1 saturated heterocycles. The standard InChI is InChI=1S/C16H25N3O.HI/c1-3-20-15-6-4-5-14(11-15)12-18-16(17)19-9-7-13(2)8-10-19;/h4-6,11,13H,3,7-10,12H2,1-2H3,(H2,17,18);1H. The molecule has 21 heavy (non-hydrogen) atoms. The molecular formula is C16H26IN3O. The van der Waals surface area contributed by atoms with Crippen LogP contribution in [0, 0.1) is 5.92 Å². The fraction of sp³-hybridized carbons (Fsp3) is 0.562. The minimum absolute atomic E-state index is 0. The molecule has 1 fully saturated rings. The average Bonchev–Trinajstić information content (AvgIpc) is 2.46. The summed E-state index contributed by atoms with van der Waals surface area (Å²) < 4.78 is 5.49. The SMILES string of the molecule is CCOc1cccc(CN=C(N)N2CCC(C)CC2)c1.I. The fourth-order valence-corrected chi connectivity index (χ4v) is 2.41. The Morgan fingerprint density at radius 2 is 2.10 bits per heavy atom. The first-order valence-corrected chi connectivity index (χ1v) is 7.45. The van der Waals surface area contributed by atoms with Crippen LogP contribution < -0.4 is 10.5 Å². The quantitative estimate of drug-likeness (QED) is 0.477. The number of hydrogen-bond acceptors (Lipinski definition) is 2. The molecule has 1 aliphatic heterocycles. The number of nitrogens with two attached hydrogens (primary N) is 1. The van der Waals surface area contributed by atoms with Gasteiger partial charge in [0.25, 0.3) is 0 Å². The van der Waals surface area contributed by atoms with Gasteiger partial charge in [-0.3, -0.25) is 0 Å². The van der Waals surface area contributed by atoms with Gasteiger partial charge in [0.2, 0.25) is 0 Å². The zero-order valence-corrected chi connectivity index (χ0v) is 15.2. The van der Waals surface area contributed by atoms with Gasteiger partial charge in [-0.25, -0.2) is 4.99 Å². The lowest BCUT2D eigenvalue weighted by atomic mass is 10.00. The van der Waals surface area contributed by atoms with Crippen LogP contribution in [0.3, 0.4) is 0 Å². The summed E-state index contributed by atoms with van der Waals surface area (Å²) in [7, 11) is 0. The Hall–Kier alpha value is -0.980. The Kier molecular flexibility index (Phi) is 7.85. The molecule has 4 nitrogen and oxygen atoms in total. The van der Waals surface area contributed by atoms with Crippen LogP contribution in [-0.4, -0.2) is 30.6 Å².